The van der Waals surface area contributed by atoms with E-state index in [0.717, 1.165) is 77.4 Å². The van der Waals surface area contributed by atoms with Crippen LogP contribution in [0.15, 0.2) is 24.3 Å². The van der Waals surface area contributed by atoms with Gasteiger partial charge in [-0.1, -0.05) is 56.4 Å². The van der Waals surface area contributed by atoms with Crippen LogP contribution in [0.4, 0.5) is 0 Å². The number of ether oxygens (including phenoxy) is 6. The molecule has 4 aliphatic rings. The van der Waals surface area contributed by atoms with Crippen molar-refractivity contribution in [2.75, 3.05) is 20.3 Å². The summed E-state index contributed by atoms with van der Waals surface area (Å²) in [5.74, 6) is 0.363. The third-order valence-corrected chi connectivity index (χ3v) is 9.50. The Bertz CT molecular complexity index is 849. The molecule has 4 rings (SSSR count). The maximum atomic E-state index is 12.2. The van der Waals surface area contributed by atoms with Crippen molar-refractivity contribution >= 4 is 11.9 Å². The van der Waals surface area contributed by atoms with Crippen LogP contribution in [-0.2, 0) is 38.0 Å². The molecule has 2 saturated carbocycles. The van der Waals surface area contributed by atoms with Gasteiger partial charge >= 0.3 is 11.9 Å². The molecule has 43 heavy (non-hydrogen) atoms. The molecule has 2 aliphatic carbocycles. The van der Waals surface area contributed by atoms with Crippen LogP contribution < -0.4 is 0 Å². The van der Waals surface area contributed by atoms with Crippen molar-refractivity contribution in [3.63, 3.8) is 0 Å². The number of carbonyl (C=O) groups is 2. The van der Waals surface area contributed by atoms with Gasteiger partial charge in [-0.3, -0.25) is 9.59 Å². The van der Waals surface area contributed by atoms with Gasteiger partial charge in [0.1, 0.15) is 6.10 Å². The number of hydrogen-bond acceptors (Lipinski definition) is 8. The van der Waals surface area contributed by atoms with Gasteiger partial charge in [-0.15, -0.1) is 0 Å². The fraction of sp³-hybridized carbons (Fsp3) is 0.829. The number of unbranched alkanes of at least 4 members (excludes halogenated alkanes) is 1. The number of allylic oxidation sites excluding steroid dienone is 2. The number of esters is 2. The zero-order chi connectivity index (χ0) is 30.3. The molecule has 0 aromatic carbocycles. The van der Waals surface area contributed by atoms with Gasteiger partial charge in [0, 0.05) is 44.8 Å². The molecule has 0 radical (unpaired) electrons. The molecule has 2 saturated heterocycles. The van der Waals surface area contributed by atoms with Gasteiger partial charge in [0.25, 0.3) is 0 Å². The van der Waals surface area contributed by atoms with Gasteiger partial charge in [0.05, 0.1) is 19.3 Å². The molecule has 244 valence electrons. The van der Waals surface area contributed by atoms with E-state index < -0.39 is 0 Å². The summed E-state index contributed by atoms with van der Waals surface area (Å²) >= 11 is 0. The summed E-state index contributed by atoms with van der Waals surface area (Å²) in [5, 5.41) is 0. The lowest BCUT2D eigenvalue weighted by molar-refractivity contribution is -0.193. The molecular weight excluding hydrogens is 548 g/mol. The summed E-state index contributed by atoms with van der Waals surface area (Å²) in [5.41, 5.74) is 0. The monoisotopic (exact) mass is 604 g/mol. The third kappa shape index (κ3) is 11.9. The van der Waals surface area contributed by atoms with Gasteiger partial charge < -0.3 is 28.4 Å². The van der Waals surface area contributed by atoms with E-state index in [4.69, 9.17) is 28.4 Å². The molecule has 0 amide bonds. The van der Waals surface area contributed by atoms with E-state index in [1.54, 1.807) is 0 Å². The molecule has 2 aliphatic heterocycles. The second-order valence-electron chi connectivity index (χ2n) is 12.9. The summed E-state index contributed by atoms with van der Waals surface area (Å²) < 4.78 is 35.9. The molecule has 8 heteroatoms. The second kappa shape index (κ2) is 18.9. The Morgan fingerprint density at radius 1 is 0.884 bits per heavy atom. The largest absolute Gasteiger partial charge is 0.469 e. The molecule has 0 aromatic heterocycles. The van der Waals surface area contributed by atoms with Crippen LogP contribution in [0, 0.1) is 17.8 Å². The lowest BCUT2D eigenvalue weighted by atomic mass is 9.84. The first-order valence-corrected chi connectivity index (χ1v) is 17.1. The molecule has 2 unspecified atom stereocenters. The summed E-state index contributed by atoms with van der Waals surface area (Å²) in [7, 11) is 1.42. The molecule has 8 nitrogen and oxygen atoms in total. The first-order chi connectivity index (χ1) is 21.0. The zero-order valence-corrected chi connectivity index (χ0v) is 26.6. The average molecular weight is 605 g/mol. The van der Waals surface area contributed by atoms with E-state index in [0.29, 0.717) is 18.8 Å². The topological polar surface area (TPSA) is 89.5 Å². The van der Waals surface area contributed by atoms with Crippen molar-refractivity contribution in [1.82, 2.24) is 0 Å². The van der Waals surface area contributed by atoms with Crippen molar-refractivity contribution in [2.24, 2.45) is 17.8 Å². The van der Waals surface area contributed by atoms with Crippen LogP contribution >= 0.6 is 0 Å². The van der Waals surface area contributed by atoms with Gasteiger partial charge in [-0.25, -0.2) is 0 Å². The van der Waals surface area contributed by atoms with E-state index in [1.807, 2.05) is 0 Å². The van der Waals surface area contributed by atoms with Crippen LogP contribution in [0.3, 0.4) is 0 Å². The maximum absolute atomic E-state index is 12.2. The minimum atomic E-state index is -0.262. The normalized spacial score (nSPS) is 31.4. The molecule has 4 fully saturated rings. The Kier molecular flexibility index (Phi) is 15.0. The number of methoxy groups -OCH3 is 1. The standard InChI is InChI=1S/C35H56O8/c1-26(36)41-31-25-32(43-35-19-11-13-23-40-35)30(29(31)16-8-3-4-9-17-33(37)38-2)21-20-28(24-27-14-6-5-7-15-27)42-34-18-10-12-22-39-34/h3,8,20-21,27-32,34-35H,4-7,9-19,22-25H2,1-2H3/b8-3-,21-20+/t28-,29-,30-,31+,32-,34?,35?/m1/s1. The Morgan fingerprint density at radius 2 is 1.60 bits per heavy atom. The lowest BCUT2D eigenvalue weighted by Gasteiger charge is -2.31. The van der Waals surface area contributed by atoms with Crippen molar-refractivity contribution in [3.05, 3.63) is 24.3 Å². The van der Waals surface area contributed by atoms with Crippen molar-refractivity contribution in [1.29, 1.82) is 0 Å². The van der Waals surface area contributed by atoms with Crippen molar-refractivity contribution in [3.8, 4) is 0 Å². The maximum Gasteiger partial charge on any atom is 0.305 e. The molecule has 7 atom stereocenters. The van der Waals surface area contributed by atoms with E-state index in [-0.39, 0.29) is 54.7 Å². The minimum absolute atomic E-state index is 0.0138. The molecule has 0 aromatic rings. The minimum Gasteiger partial charge on any atom is -0.469 e. The van der Waals surface area contributed by atoms with Crippen LogP contribution in [0.25, 0.3) is 0 Å². The summed E-state index contributed by atoms with van der Waals surface area (Å²) in [4.78, 5) is 23.6. The quantitative estimate of drug-likeness (QED) is 0.110. The SMILES string of the molecule is COC(=O)CCC/C=C\C[C@@H]1[C@@H](/C=C/[C@H](CC2CCCCC2)OC2CCCCO2)[C@H](OC2CCCCO2)C[C@@H]1OC(C)=O. The highest BCUT2D eigenvalue weighted by molar-refractivity contribution is 5.69. The average Bonchev–Trinajstić information content (AvgIpc) is 3.33. The molecule has 2 heterocycles. The van der Waals surface area contributed by atoms with Crippen molar-refractivity contribution < 1.29 is 38.0 Å². The Morgan fingerprint density at radius 3 is 2.28 bits per heavy atom. The number of carbonyl (C=O) groups excluding carboxylic acids is 2. The Hall–Kier alpha value is -1.74. The van der Waals surface area contributed by atoms with E-state index in [9.17, 15) is 9.59 Å². The van der Waals surface area contributed by atoms with E-state index in [2.05, 4.69) is 24.3 Å². The predicted octanol–water partition coefficient (Wildman–Crippen LogP) is 7.19. The number of rotatable bonds is 15. The van der Waals surface area contributed by atoms with E-state index in [1.165, 1.54) is 46.1 Å². The third-order valence-electron chi connectivity index (χ3n) is 9.50. The second-order valence-corrected chi connectivity index (χ2v) is 12.9. The molecule has 0 spiro atoms. The van der Waals surface area contributed by atoms with Crippen molar-refractivity contribution in [2.45, 2.75) is 147 Å². The summed E-state index contributed by atoms with van der Waals surface area (Å²) in [6, 6.07) is 0. The highest BCUT2D eigenvalue weighted by atomic mass is 16.7. The van der Waals surface area contributed by atoms with Crippen LogP contribution in [0.2, 0.25) is 0 Å². The van der Waals surface area contributed by atoms with Gasteiger partial charge in [0.15, 0.2) is 12.6 Å². The fourth-order valence-electron chi connectivity index (χ4n) is 7.20. The zero-order valence-electron chi connectivity index (χ0n) is 26.6. The number of hydrogen-bond donors (Lipinski definition) is 0. The highest BCUT2D eigenvalue weighted by Crippen LogP contribution is 2.41. The van der Waals surface area contributed by atoms with Crippen LogP contribution in [0.5, 0.6) is 0 Å². The van der Waals surface area contributed by atoms with Gasteiger partial charge in [0.2, 0.25) is 0 Å². The Balaban J connectivity index is 1.50. The van der Waals surface area contributed by atoms with Crippen LogP contribution in [0.1, 0.15) is 116 Å². The summed E-state index contributed by atoms with van der Waals surface area (Å²) in [6.07, 6.45) is 25.2. The van der Waals surface area contributed by atoms with Gasteiger partial charge in [-0.2, -0.15) is 0 Å². The highest BCUT2D eigenvalue weighted by Gasteiger charge is 2.45. The predicted molar refractivity (Wildman–Crippen MR) is 164 cm³/mol. The summed E-state index contributed by atoms with van der Waals surface area (Å²) in [6.45, 7) is 2.98. The smallest absolute Gasteiger partial charge is 0.305 e. The molecule has 0 bridgehead atoms. The first kappa shape index (κ1) is 34.1. The van der Waals surface area contributed by atoms with Crippen LogP contribution in [-0.4, -0.2) is 63.2 Å². The molecule has 0 N–H and O–H groups in total. The lowest BCUT2D eigenvalue weighted by Crippen LogP contribution is -2.31. The van der Waals surface area contributed by atoms with Gasteiger partial charge in [-0.05, 0) is 70.1 Å². The fourth-order valence-corrected chi connectivity index (χ4v) is 7.20. The first-order valence-electron chi connectivity index (χ1n) is 17.1. The van der Waals surface area contributed by atoms with E-state index >= 15 is 0 Å². The molecular formula is C35H56O8. The Labute approximate surface area is 259 Å².